The van der Waals surface area contributed by atoms with Gasteiger partial charge in [-0.15, -0.1) is 0 Å². The summed E-state index contributed by atoms with van der Waals surface area (Å²) in [6, 6.07) is 43.9. The molecule has 0 saturated carbocycles. The maximum atomic E-state index is 5.17. The maximum absolute atomic E-state index is 5.17. The zero-order valence-corrected chi connectivity index (χ0v) is 22.0. The SMILES string of the molecule is c1cc2c3c(cccc3c1)-c1cc(-c3cc4c5ncccc5n5c6ccccc6nc5c4c4ccccc34)ccc1-2. The molecule has 1 aliphatic carbocycles. The van der Waals surface area contributed by atoms with Crippen molar-refractivity contribution >= 4 is 60.0 Å². The molecule has 41 heavy (non-hydrogen) atoms. The van der Waals surface area contributed by atoms with Crippen LogP contribution in [0, 0.1) is 0 Å². The molecule has 3 heterocycles. The molecule has 0 fully saturated rings. The minimum Gasteiger partial charge on any atom is -0.290 e. The van der Waals surface area contributed by atoms with Gasteiger partial charge in [-0.2, -0.15) is 0 Å². The van der Waals surface area contributed by atoms with Crippen molar-refractivity contribution < 1.29 is 0 Å². The van der Waals surface area contributed by atoms with Gasteiger partial charge in [0.05, 0.1) is 22.1 Å². The molecular weight excluding hydrogens is 498 g/mol. The summed E-state index contributed by atoms with van der Waals surface area (Å²) < 4.78 is 2.28. The second-order valence-corrected chi connectivity index (χ2v) is 11.0. The van der Waals surface area contributed by atoms with Crippen molar-refractivity contribution in [3.8, 4) is 33.4 Å². The third-order valence-electron chi connectivity index (χ3n) is 8.93. The van der Waals surface area contributed by atoms with E-state index >= 15 is 0 Å². The van der Waals surface area contributed by atoms with Gasteiger partial charge in [0.25, 0.3) is 0 Å². The van der Waals surface area contributed by atoms with E-state index in [1.165, 1.54) is 54.9 Å². The monoisotopic (exact) mass is 519 g/mol. The fourth-order valence-corrected chi connectivity index (χ4v) is 7.22. The van der Waals surface area contributed by atoms with E-state index in [4.69, 9.17) is 9.97 Å². The molecule has 0 N–H and O–H groups in total. The summed E-state index contributed by atoms with van der Waals surface area (Å²) in [6.45, 7) is 0. The van der Waals surface area contributed by atoms with Crippen molar-refractivity contribution in [1.82, 2.24) is 14.4 Å². The maximum Gasteiger partial charge on any atom is 0.147 e. The lowest BCUT2D eigenvalue weighted by Crippen LogP contribution is -1.95. The Labute approximate surface area is 235 Å². The number of benzene rings is 6. The van der Waals surface area contributed by atoms with Gasteiger partial charge in [-0.1, -0.05) is 84.9 Å². The number of hydrogen-bond donors (Lipinski definition) is 0. The Morgan fingerprint density at radius 1 is 0.488 bits per heavy atom. The Hall–Kier alpha value is -5.54. The Morgan fingerprint density at radius 3 is 2.17 bits per heavy atom. The average molecular weight is 520 g/mol. The van der Waals surface area contributed by atoms with Gasteiger partial charge >= 0.3 is 0 Å². The van der Waals surface area contributed by atoms with E-state index in [0.29, 0.717) is 0 Å². The number of rotatable bonds is 1. The number of hydrogen-bond acceptors (Lipinski definition) is 2. The summed E-state index contributed by atoms with van der Waals surface area (Å²) in [5.74, 6) is 0. The van der Waals surface area contributed by atoms with Crippen molar-refractivity contribution in [3.05, 3.63) is 128 Å². The molecule has 0 bridgehead atoms. The zero-order valence-electron chi connectivity index (χ0n) is 22.0. The van der Waals surface area contributed by atoms with Crippen LogP contribution in [0.2, 0.25) is 0 Å². The lowest BCUT2D eigenvalue weighted by Gasteiger charge is -2.15. The smallest absolute Gasteiger partial charge is 0.147 e. The quantitative estimate of drug-likeness (QED) is 0.202. The summed E-state index contributed by atoms with van der Waals surface area (Å²) >= 11 is 0. The molecule has 0 saturated heterocycles. The molecule has 3 nitrogen and oxygen atoms in total. The normalized spacial score (nSPS) is 12.4. The van der Waals surface area contributed by atoms with Gasteiger partial charge in [-0.25, -0.2) is 4.98 Å². The minimum atomic E-state index is 0.973. The number of aromatic nitrogens is 3. The Bertz CT molecular complexity index is 2580. The second kappa shape index (κ2) is 7.56. The van der Waals surface area contributed by atoms with E-state index in [0.717, 1.165) is 38.5 Å². The third kappa shape index (κ3) is 2.68. The Morgan fingerprint density at radius 2 is 1.27 bits per heavy atom. The summed E-state index contributed by atoms with van der Waals surface area (Å²) in [6.07, 6.45) is 1.90. The molecule has 0 radical (unpaired) electrons. The van der Waals surface area contributed by atoms with Gasteiger partial charge in [0.2, 0.25) is 0 Å². The van der Waals surface area contributed by atoms with E-state index in [-0.39, 0.29) is 0 Å². The molecule has 6 aromatic carbocycles. The van der Waals surface area contributed by atoms with E-state index in [1.807, 2.05) is 12.3 Å². The second-order valence-electron chi connectivity index (χ2n) is 11.0. The van der Waals surface area contributed by atoms with Crippen LogP contribution >= 0.6 is 0 Å². The van der Waals surface area contributed by atoms with Gasteiger partial charge < -0.3 is 0 Å². The summed E-state index contributed by atoms with van der Waals surface area (Å²) in [4.78, 5) is 10.1. The minimum absolute atomic E-state index is 0.973. The molecule has 3 aromatic heterocycles. The van der Waals surface area contributed by atoms with E-state index < -0.39 is 0 Å². The first-order valence-electron chi connectivity index (χ1n) is 14.0. The first-order chi connectivity index (χ1) is 20.3. The molecule has 10 rings (SSSR count). The van der Waals surface area contributed by atoms with Gasteiger partial charge in [0, 0.05) is 17.0 Å². The van der Waals surface area contributed by atoms with Gasteiger partial charge in [0.15, 0.2) is 0 Å². The van der Waals surface area contributed by atoms with Gasteiger partial charge in [-0.3, -0.25) is 9.38 Å². The van der Waals surface area contributed by atoms with Crippen LogP contribution in [0.3, 0.4) is 0 Å². The van der Waals surface area contributed by atoms with E-state index in [9.17, 15) is 0 Å². The van der Waals surface area contributed by atoms with Crippen LogP contribution in [0.4, 0.5) is 0 Å². The molecule has 0 aliphatic heterocycles. The molecule has 0 unspecified atom stereocenters. The molecule has 188 valence electrons. The first kappa shape index (κ1) is 21.3. The van der Waals surface area contributed by atoms with Crippen molar-refractivity contribution in [2.24, 2.45) is 0 Å². The lowest BCUT2D eigenvalue weighted by molar-refractivity contribution is 1.29. The zero-order chi connectivity index (χ0) is 26.7. The predicted molar refractivity (Wildman–Crippen MR) is 170 cm³/mol. The number of nitrogens with zero attached hydrogens (tertiary/aromatic N) is 3. The summed E-state index contributed by atoms with van der Waals surface area (Å²) in [7, 11) is 0. The molecular formula is C38H21N3. The van der Waals surface area contributed by atoms with Crippen molar-refractivity contribution in [1.29, 1.82) is 0 Å². The topological polar surface area (TPSA) is 30.2 Å². The third-order valence-corrected chi connectivity index (χ3v) is 8.93. The van der Waals surface area contributed by atoms with Crippen molar-refractivity contribution in [3.63, 3.8) is 0 Å². The molecule has 0 atom stereocenters. The van der Waals surface area contributed by atoms with Crippen LogP contribution in [0.15, 0.2) is 128 Å². The average Bonchev–Trinajstić information content (AvgIpc) is 3.58. The number of para-hydroxylation sites is 2. The van der Waals surface area contributed by atoms with Crippen LogP contribution in [0.25, 0.3) is 93.4 Å². The predicted octanol–water partition coefficient (Wildman–Crippen LogP) is 9.81. The Balaban J connectivity index is 1.35. The van der Waals surface area contributed by atoms with Crippen molar-refractivity contribution in [2.45, 2.75) is 0 Å². The molecule has 0 amide bonds. The first-order valence-corrected chi connectivity index (χ1v) is 14.0. The van der Waals surface area contributed by atoms with Crippen LogP contribution in [0.1, 0.15) is 0 Å². The summed E-state index contributed by atoms with van der Waals surface area (Å²) in [5, 5.41) is 7.33. The largest absolute Gasteiger partial charge is 0.290 e. The highest BCUT2D eigenvalue weighted by Gasteiger charge is 2.23. The van der Waals surface area contributed by atoms with Crippen LogP contribution in [0.5, 0.6) is 0 Å². The van der Waals surface area contributed by atoms with Crippen LogP contribution in [-0.2, 0) is 0 Å². The van der Waals surface area contributed by atoms with E-state index in [1.54, 1.807) is 0 Å². The lowest BCUT2D eigenvalue weighted by atomic mass is 9.91. The molecule has 9 aromatic rings. The Kier molecular flexibility index (Phi) is 3.93. The van der Waals surface area contributed by atoms with E-state index in [2.05, 4.69) is 120 Å². The van der Waals surface area contributed by atoms with Gasteiger partial charge in [0.1, 0.15) is 5.65 Å². The number of fused-ring (bicyclic) bond motifs is 13. The highest BCUT2D eigenvalue weighted by atomic mass is 15.0. The van der Waals surface area contributed by atoms with Gasteiger partial charge in [-0.05, 0) is 91.3 Å². The highest BCUT2D eigenvalue weighted by molar-refractivity contribution is 6.25. The fraction of sp³-hybridized carbons (Fsp3) is 0. The summed E-state index contributed by atoms with van der Waals surface area (Å²) in [5.41, 5.74) is 12.8. The highest BCUT2D eigenvalue weighted by Crippen LogP contribution is 2.49. The van der Waals surface area contributed by atoms with Crippen LogP contribution in [-0.4, -0.2) is 14.4 Å². The fourth-order valence-electron chi connectivity index (χ4n) is 7.22. The van der Waals surface area contributed by atoms with Crippen molar-refractivity contribution in [2.75, 3.05) is 0 Å². The standard InChI is InChI=1S/C38H21N3/c1-2-11-27-24(10-1)29(23-17-18-25-26-12-5-8-22-9-6-13-28(35(22)26)30(25)20-23)21-31-36(27)38-40-32-14-3-4-15-33(32)41(38)34-16-7-19-39-37(31)34/h1-21H. The number of imidazole rings is 1. The molecule has 0 spiro atoms. The van der Waals surface area contributed by atoms with Crippen LogP contribution < -0.4 is 0 Å². The molecule has 1 aliphatic rings. The molecule has 3 heteroatoms. The number of pyridine rings is 2.